The van der Waals surface area contributed by atoms with Crippen LogP contribution in [0.25, 0.3) is 41.1 Å². The molecule has 7 rings (SSSR count). The number of fused-ring (bicyclic) bond motifs is 4. The number of hydrogen-bond acceptors (Lipinski definition) is 4. The first-order valence-corrected chi connectivity index (χ1v) is 13.7. The summed E-state index contributed by atoms with van der Waals surface area (Å²) in [6.45, 7) is 0. The van der Waals surface area contributed by atoms with Gasteiger partial charge in [-0.05, 0) is 47.2 Å². The standard InChI is InChI=1S/C30H6F10O2S2/c31-19-17(20(32)24(36)27(39)23(19)35)15-3-7-1-9-11(5-13(7)43-15)30(42)10-2-8-4-16(44-14(8)6-12(10)29(9)41)18-21(33)25(37)28(40)26(38)22(18)34/h1-6H. The van der Waals surface area contributed by atoms with Crippen molar-refractivity contribution in [2.45, 2.75) is 0 Å². The molecule has 0 saturated heterocycles. The first-order valence-electron chi connectivity index (χ1n) is 12.1. The van der Waals surface area contributed by atoms with E-state index in [1.54, 1.807) is 0 Å². The van der Waals surface area contributed by atoms with Crippen LogP contribution >= 0.6 is 22.7 Å². The Morgan fingerprint density at radius 1 is 0.364 bits per heavy atom. The maximum Gasteiger partial charge on any atom is 0.200 e. The van der Waals surface area contributed by atoms with E-state index in [0.717, 1.165) is 12.1 Å². The molecule has 0 spiro atoms. The van der Waals surface area contributed by atoms with Crippen molar-refractivity contribution in [3.63, 3.8) is 0 Å². The lowest BCUT2D eigenvalue weighted by Gasteiger charge is -2.17. The minimum atomic E-state index is -2.33. The second-order valence-electron chi connectivity index (χ2n) is 9.64. The Balaban J connectivity index is 1.36. The van der Waals surface area contributed by atoms with E-state index in [1.807, 2.05) is 0 Å². The molecule has 1 aliphatic rings. The number of hydrogen-bond donors (Lipinski definition) is 0. The van der Waals surface area contributed by atoms with E-state index < -0.39 is 80.9 Å². The normalized spacial score (nSPS) is 12.9. The highest BCUT2D eigenvalue weighted by molar-refractivity contribution is 7.22. The van der Waals surface area contributed by atoms with Crippen LogP contribution in [0.1, 0.15) is 31.8 Å². The lowest BCUT2D eigenvalue weighted by Crippen LogP contribution is -2.20. The highest BCUT2D eigenvalue weighted by Crippen LogP contribution is 2.43. The summed E-state index contributed by atoms with van der Waals surface area (Å²) in [5.41, 5.74) is -2.93. The average Bonchev–Trinajstić information content (AvgIpc) is 3.61. The van der Waals surface area contributed by atoms with Gasteiger partial charge < -0.3 is 0 Å². The van der Waals surface area contributed by atoms with Crippen molar-refractivity contribution >= 4 is 54.4 Å². The highest BCUT2D eigenvalue weighted by atomic mass is 32.1. The molecule has 14 heteroatoms. The largest absolute Gasteiger partial charge is 0.289 e. The molecule has 220 valence electrons. The summed E-state index contributed by atoms with van der Waals surface area (Å²) in [6, 6.07) is 7.10. The van der Waals surface area contributed by atoms with Crippen LogP contribution in [0.4, 0.5) is 43.9 Å². The van der Waals surface area contributed by atoms with Gasteiger partial charge in [-0.15, -0.1) is 22.7 Å². The zero-order valence-electron chi connectivity index (χ0n) is 20.9. The molecule has 44 heavy (non-hydrogen) atoms. The summed E-state index contributed by atoms with van der Waals surface area (Å²) in [5, 5.41) is 0.311. The SMILES string of the molecule is O=C1c2cc3cc(-c4c(F)c(F)c(F)c(F)c4F)sc3cc2C(=O)c2cc3cc(-c4c(F)c(F)c(F)c(F)c4F)sc3cc21. The molecule has 0 atom stereocenters. The zero-order valence-corrected chi connectivity index (χ0v) is 22.5. The van der Waals surface area contributed by atoms with Crippen molar-refractivity contribution < 1.29 is 53.5 Å². The molecule has 2 heterocycles. The van der Waals surface area contributed by atoms with Crippen molar-refractivity contribution in [2.75, 3.05) is 0 Å². The van der Waals surface area contributed by atoms with Gasteiger partial charge >= 0.3 is 0 Å². The third kappa shape index (κ3) is 3.73. The Morgan fingerprint density at radius 3 is 0.955 bits per heavy atom. The summed E-state index contributed by atoms with van der Waals surface area (Å²) < 4.78 is 140. The molecule has 0 bridgehead atoms. The Labute approximate surface area is 245 Å². The minimum Gasteiger partial charge on any atom is -0.289 e. The maximum atomic E-state index is 14.4. The highest BCUT2D eigenvalue weighted by Gasteiger charge is 2.33. The molecule has 4 aromatic carbocycles. The van der Waals surface area contributed by atoms with Crippen LogP contribution in [0, 0.1) is 58.2 Å². The van der Waals surface area contributed by atoms with Crippen LogP contribution in [0.5, 0.6) is 0 Å². The molecule has 0 fully saturated rings. The summed E-state index contributed by atoms with van der Waals surface area (Å²) in [7, 11) is 0. The number of halogens is 10. The molecule has 0 unspecified atom stereocenters. The molecule has 0 aliphatic heterocycles. The number of rotatable bonds is 2. The van der Waals surface area contributed by atoms with Crippen molar-refractivity contribution in [2.24, 2.45) is 0 Å². The first-order chi connectivity index (χ1) is 20.8. The first kappa shape index (κ1) is 28.2. The Morgan fingerprint density at radius 2 is 0.636 bits per heavy atom. The Bertz CT molecular complexity index is 2030. The topological polar surface area (TPSA) is 34.1 Å². The number of carbonyl (C=O) groups is 2. The quantitative estimate of drug-likeness (QED) is 0.106. The van der Waals surface area contributed by atoms with E-state index in [-0.39, 0.29) is 52.2 Å². The summed E-state index contributed by atoms with van der Waals surface area (Å²) in [4.78, 5) is 26.3. The third-order valence-electron chi connectivity index (χ3n) is 7.20. The number of benzene rings is 4. The molecule has 0 radical (unpaired) electrons. The molecular formula is C30H6F10O2S2. The second-order valence-corrected chi connectivity index (χ2v) is 11.8. The monoisotopic (exact) mass is 652 g/mol. The van der Waals surface area contributed by atoms with Gasteiger partial charge in [0.2, 0.25) is 11.6 Å². The van der Waals surface area contributed by atoms with E-state index >= 15 is 0 Å². The Hall–Kier alpha value is -4.56. The van der Waals surface area contributed by atoms with Crippen molar-refractivity contribution in [1.82, 2.24) is 0 Å². The number of carbonyl (C=O) groups excluding carboxylic acids is 2. The van der Waals surface area contributed by atoms with E-state index in [9.17, 15) is 53.5 Å². The zero-order chi connectivity index (χ0) is 31.5. The van der Waals surface area contributed by atoms with Gasteiger partial charge in [0.1, 0.15) is 0 Å². The summed E-state index contributed by atoms with van der Waals surface area (Å²) >= 11 is 1.22. The maximum absolute atomic E-state index is 14.4. The van der Waals surface area contributed by atoms with Crippen LogP contribution in [0.2, 0.25) is 0 Å². The van der Waals surface area contributed by atoms with Gasteiger partial charge in [0.15, 0.2) is 58.1 Å². The van der Waals surface area contributed by atoms with Crippen molar-refractivity contribution in [1.29, 1.82) is 0 Å². The fourth-order valence-corrected chi connectivity index (χ4v) is 7.34. The van der Waals surface area contributed by atoms with E-state index in [2.05, 4.69) is 0 Å². The van der Waals surface area contributed by atoms with Gasteiger partial charge in [-0.3, -0.25) is 9.59 Å². The smallest absolute Gasteiger partial charge is 0.200 e. The van der Waals surface area contributed by atoms with Crippen molar-refractivity contribution in [3.8, 4) is 20.9 Å². The van der Waals surface area contributed by atoms with Gasteiger partial charge in [-0.2, -0.15) is 0 Å². The molecule has 1 aliphatic carbocycles. The van der Waals surface area contributed by atoms with E-state index in [1.165, 1.54) is 24.3 Å². The van der Waals surface area contributed by atoms with Crippen LogP contribution in [-0.2, 0) is 0 Å². The average molecular weight is 652 g/mol. The predicted molar refractivity (Wildman–Crippen MR) is 141 cm³/mol. The van der Waals surface area contributed by atoms with Crippen molar-refractivity contribution in [3.05, 3.63) is 117 Å². The van der Waals surface area contributed by atoms with E-state index in [4.69, 9.17) is 0 Å². The van der Waals surface area contributed by atoms with Gasteiger partial charge in [-0.25, -0.2) is 43.9 Å². The molecular weight excluding hydrogens is 646 g/mol. The summed E-state index contributed by atoms with van der Waals surface area (Å²) in [5.74, 6) is -22.8. The minimum absolute atomic E-state index is 0.143. The summed E-state index contributed by atoms with van der Waals surface area (Å²) in [6.07, 6.45) is 0. The van der Waals surface area contributed by atoms with E-state index in [0.29, 0.717) is 22.7 Å². The van der Waals surface area contributed by atoms with Gasteiger partial charge in [0, 0.05) is 41.4 Å². The predicted octanol–water partition coefficient (Wildman–Crippen LogP) is 9.62. The second kappa shape index (κ2) is 9.47. The molecule has 0 saturated carbocycles. The van der Waals surface area contributed by atoms with Crippen LogP contribution in [0.3, 0.4) is 0 Å². The van der Waals surface area contributed by atoms with Crippen LogP contribution in [0.15, 0.2) is 36.4 Å². The molecule has 6 aromatic rings. The van der Waals surface area contributed by atoms with Crippen LogP contribution in [-0.4, -0.2) is 11.6 Å². The number of thiophene rings is 2. The lowest BCUT2D eigenvalue weighted by molar-refractivity contribution is 0.0979. The Kier molecular flexibility index (Phi) is 6.07. The fourth-order valence-electron chi connectivity index (χ4n) is 5.10. The van der Waals surface area contributed by atoms with Crippen LogP contribution < -0.4 is 0 Å². The van der Waals surface area contributed by atoms with Gasteiger partial charge in [0.25, 0.3) is 0 Å². The molecule has 0 N–H and O–H groups in total. The molecule has 0 amide bonds. The number of ketones is 2. The third-order valence-corrected chi connectivity index (χ3v) is 9.43. The fraction of sp³-hybridized carbons (Fsp3) is 0. The van der Waals surface area contributed by atoms with Gasteiger partial charge in [0.05, 0.1) is 11.1 Å². The van der Waals surface area contributed by atoms with Gasteiger partial charge in [-0.1, -0.05) is 0 Å². The molecule has 2 aromatic heterocycles. The molecule has 2 nitrogen and oxygen atoms in total. The lowest BCUT2D eigenvalue weighted by atomic mass is 9.83.